The molecule has 8 heteroatoms. The minimum Gasteiger partial charge on any atom is -0.360 e. The molecule has 1 aliphatic heterocycles. The van der Waals surface area contributed by atoms with Crippen molar-refractivity contribution in [1.82, 2.24) is 14.8 Å². The molecule has 22 heavy (non-hydrogen) atoms. The van der Waals surface area contributed by atoms with E-state index in [0.717, 1.165) is 0 Å². The number of carbonyl (C=O) groups excluding carboxylic acids is 1. The molecule has 1 aromatic heterocycles. The number of amides is 1. The standard InChI is InChI=1S/C14H21N3O4S/c1-4-7-15-14(18)12-6-5-8-17(9-12)22(19,20)13-10(2)16-21-11(13)3/h4,12H,1,5-9H2,2-3H3,(H,15,18). The number of aromatic nitrogens is 1. The van der Waals surface area contributed by atoms with Gasteiger partial charge in [-0.05, 0) is 26.7 Å². The third-order valence-corrected chi connectivity index (χ3v) is 5.85. The van der Waals surface area contributed by atoms with Crippen molar-refractivity contribution in [3.8, 4) is 0 Å². The van der Waals surface area contributed by atoms with Crippen molar-refractivity contribution >= 4 is 15.9 Å². The topological polar surface area (TPSA) is 92.5 Å². The number of hydrogen-bond donors (Lipinski definition) is 1. The largest absolute Gasteiger partial charge is 0.360 e. The summed E-state index contributed by atoms with van der Waals surface area (Å²) < 4.78 is 31.8. The summed E-state index contributed by atoms with van der Waals surface area (Å²) in [4.78, 5) is 12.1. The van der Waals surface area contributed by atoms with Gasteiger partial charge >= 0.3 is 0 Å². The smallest absolute Gasteiger partial charge is 0.248 e. The molecule has 1 amide bonds. The second-order valence-electron chi connectivity index (χ2n) is 5.39. The fraction of sp³-hybridized carbons (Fsp3) is 0.571. The van der Waals surface area contributed by atoms with Crippen LogP contribution in [-0.4, -0.2) is 43.4 Å². The molecule has 2 rings (SSSR count). The van der Waals surface area contributed by atoms with Gasteiger partial charge in [-0.15, -0.1) is 6.58 Å². The molecular formula is C14H21N3O4S. The Labute approximate surface area is 130 Å². The van der Waals surface area contributed by atoms with E-state index in [-0.39, 0.29) is 29.0 Å². The van der Waals surface area contributed by atoms with Gasteiger partial charge in [0.25, 0.3) is 0 Å². The first-order valence-corrected chi connectivity index (χ1v) is 8.63. The van der Waals surface area contributed by atoms with E-state index in [0.29, 0.717) is 31.6 Å². The highest BCUT2D eigenvalue weighted by Gasteiger charge is 2.36. The van der Waals surface area contributed by atoms with E-state index < -0.39 is 10.0 Å². The fourth-order valence-corrected chi connectivity index (χ4v) is 4.48. The maximum atomic E-state index is 12.8. The van der Waals surface area contributed by atoms with E-state index in [1.165, 1.54) is 4.31 Å². The third kappa shape index (κ3) is 3.22. The van der Waals surface area contributed by atoms with Gasteiger partial charge in [-0.1, -0.05) is 11.2 Å². The number of rotatable bonds is 5. The first-order chi connectivity index (χ1) is 10.4. The van der Waals surface area contributed by atoms with E-state index in [1.807, 2.05) is 0 Å². The maximum Gasteiger partial charge on any atom is 0.248 e. The van der Waals surface area contributed by atoms with Gasteiger partial charge in [0.05, 0.1) is 5.92 Å². The van der Waals surface area contributed by atoms with Crippen LogP contribution >= 0.6 is 0 Å². The number of hydrogen-bond acceptors (Lipinski definition) is 5. The second kappa shape index (κ2) is 6.62. The van der Waals surface area contributed by atoms with Crippen molar-refractivity contribution in [1.29, 1.82) is 0 Å². The predicted molar refractivity (Wildman–Crippen MR) is 80.7 cm³/mol. The Kier molecular flexibility index (Phi) is 5.02. The molecule has 1 aromatic rings. The van der Waals surface area contributed by atoms with Crippen LogP contribution in [0.2, 0.25) is 0 Å². The Bertz CT molecular complexity index is 646. The van der Waals surface area contributed by atoms with Crippen LogP contribution in [0.25, 0.3) is 0 Å². The van der Waals surface area contributed by atoms with Gasteiger partial charge in [0, 0.05) is 19.6 Å². The van der Waals surface area contributed by atoms with Crippen LogP contribution in [0.5, 0.6) is 0 Å². The summed E-state index contributed by atoms with van der Waals surface area (Å²) in [6.45, 7) is 7.68. The summed E-state index contributed by atoms with van der Waals surface area (Å²) in [5.41, 5.74) is 0.343. The quantitative estimate of drug-likeness (QED) is 0.814. The minimum atomic E-state index is -3.69. The summed E-state index contributed by atoms with van der Waals surface area (Å²) in [5.74, 6) is -0.210. The SMILES string of the molecule is C=CCNC(=O)C1CCCN(S(=O)(=O)c2c(C)noc2C)C1. The zero-order valence-corrected chi connectivity index (χ0v) is 13.6. The number of nitrogens with one attached hydrogen (secondary N) is 1. The molecule has 2 heterocycles. The van der Waals surface area contributed by atoms with E-state index >= 15 is 0 Å². The summed E-state index contributed by atoms with van der Waals surface area (Å²) in [5, 5.41) is 6.42. The van der Waals surface area contributed by atoms with Crippen molar-refractivity contribution in [3.63, 3.8) is 0 Å². The van der Waals surface area contributed by atoms with E-state index in [1.54, 1.807) is 19.9 Å². The van der Waals surface area contributed by atoms with Crippen molar-refractivity contribution in [2.24, 2.45) is 5.92 Å². The van der Waals surface area contributed by atoms with Crippen LogP contribution in [0.15, 0.2) is 22.1 Å². The Morgan fingerprint density at radius 1 is 1.55 bits per heavy atom. The molecule has 1 saturated heterocycles. The van der Waals surface area contributed by atoms with E-state index in [9.17, 15) is 13.2 Å². The van der Waals surface area contributed by atoms with Crippen molar-refractivity contribution in [2.75, 3.05) is 19.6 Å². The number of nitrogens with zero attached hydrogens (tertiary/aromatic N) is 2. The Morgan fingerprint density at radius 3 is 2.86 bits per heavy atom. The molecule has 1 fully saturated rings. The first kappa shape index (κ1) is 16.7. The molecule has 1 unspecified atom stereocenters. The lowest BCUT2D eigenvalue weighted by Gasteiger charge is -2.31. The molecule has 0 bridgehead atoms. The van der Waals surface area contributed by atoms with E-state index in [4.69, 9.17) is 4.52 Å². The summed E-state index contributed by atoms with van der Waals surface area (Å²) in [6.07, 6.45) is 2.92. The summed E-state index contributed by atoms with van der Waals surface area (Å²) >= 11 is 0. The van der Waals surface area contributed by atoms with Gasteiger partial charge in [-0.3, -0.25) is 4.79 Å². The van der Waals surface area contributed by atoms with Gasteiger partial charge in [0.2, 0.25) is 15.9 Å². The molecule has 0 radical (unpaired) electrons. The maximum absolute atomic E-state index is 12.8. The lowest BCUT2D eigenvalue weighted by Crippen LogP contribution is -2.45. The van der Waals surface area contributed by atoms with Gasteiger partial charge in [-0.2, -0.15) is 4.31 Å². The van der Waals surface area contributed by atoms with Crippen LogP contribution < -0.4 is 5.32 Å². The molecule has 1 aliphatic rings. The number of piperidine rings is 1. The zero-order valence-electron chi connectivity index (χ0n) is 12.8. The highest BCUT2D eigenvalue weighted by atomic mass is 32.2. The zero-order chi connectivity index (χ0) is 16.3. The van der Waals surface area contributed by atoms with Gasteiger partial charge < -0.3 is 9.84 Å². The highest BCUT2D eigenvalue weighted by Crippen LogP contribution is 2.27. The highest BCUT2D eigenvalue weighted by molar-refractivity contribution is 7.89. The van der Waals surface area contributed by atoms with Gasteiger partial charge in [0.15, 0.2) is 5.76 Å². The van der Waals surface area contributed by atoms with Crippen molar-refractivity contribution in [2.45, 2.75) is 31.6 Å². The molecule has 1 N–H and O–H groups in total. The Morgan fingerprint density at radius 2 is 2.27 bits per heavy atom. The molecule has 0 spiro atoms. The molecule has 7 nitrogen and oxygen atoms in total. The lowest BCUT2D eigenvalue weighted by atomic mass is 9.99. The molecule has 0 aromatic carbocycles. The minimum absolute atomic E-state index is 0.111. The van der Waals surface area contributed by atoms with Crippen LogP contribution in [-0.2, 0) is 14.8 Å². The van der Waals surface area contributed by atoms with Crippen LogP contribution in [0.4, 0.5) is 0 Å². The van der Waals surface area contributed by atoms with Crippen molar-refractivity contribution in [3.05, 3.63) is 24.1 Å². The lowest BCUT2D eigenvalue weighted by molar-refractivity contribution is -0.125. The van der Waals surface area contributed by atoms with Crippen LogP contribution in [0, 0.1) is 19.8 Å². The average molecular weight is 327 g/mol. The molecule has 0 aliphatic carbocycles. The fourth-order valence-electron chi connectivity index (χ4n) is 2.66. The third-order valence-electron chi connectivity index (χ3n) is 3.74. The monoisotopic (exact) mass is 327 g/mol. The molecule has 1 atom stereocenters. The Hall–Kier alpha value is -1.67. The second-order valence-corrected chi connectivity index (χ2v) is 7.26. The van der Waals surface area contributed by atoms with Crippen LogP contribution in [0.3, 0.4) is 0 Å². The van der Waals surface area contributed by atoms with Crippen LogP contribution in [0.1, 0.15) is 24.3 Å². The van der Waals surface area contributed by atoms with E-state index in [2.05, 4.69) is 17.1 Å². The molecular weight excluding hydrogens is 306 g/mol. The Balaban J connectivity index is 2.18. The molecule has 0 saturated carbocycles. The normalized spacial score (nSPS) is 19.8. The average Bonchev–Trinajstić information content (AvgIpc) is 2.84. The summed E-state index contributed by atoms with van der Waals surface area (Å²) in [6, 6.07) is 0. The number of sulfonamides is 1. The van der Waals surface area contributed by atoms with Gasteiger partial charge in [0.1, 0.15) is 10.6 Å². The number of carbonyl (C=O) groups is 1. The molecule has 122 valence electrons. The predicted octanol–water partition coefficient (Wildman–Crippen LogP) is 0.994. The van der Waals surface area contributed by atoms with Gasteiger partial charge in [-0.25, -0.2) is 8.42 Å². The first-order valence-electron chi connectivity index (χ1n) is 7.19. The summed E-state index contributed by atoms with van der Waals surface area (Å²) in [7, 11) is -3.69. The number of aryl methyl sites for hydroxylation is 2. The van der Waals surface area contributed by atoms with Crippen molar-refractivity contribution < 1.29 is 17.7 Å².